The van der Waals surface area contributed by atoms with E-state index in [1.165, 1.54) is 0 Å². The zero-order valence-electron chi connectivity index (χ0n) is 23.6. The predicted molar refractivity (Wildman–Crippen MR) is 181 cm³/mol. The van der Waals surface area contributed by atoms with E-state index >= 15 is 0 Å². The van der Waals surface area contributed by atoms with Gasteiger partial charge in [-0.2, -0.15) is 0 Å². The van der Waals surface area contributed by atoms with Gasteiger partial charge in [-0.15, -0.1) is 0 Å². The third-order valence-electron chi connectivity index (χ3n) is 7.95. The predicted octanol–water partition coefficient (Wildman–Crippen LogP) is 11.4. The summed E-state index contributed by atoms with van der Waals surface area (Å²) in [6.45, 7) is 0. The number of para-hydroxylation sites is 2. The summed E-state index contributed by atoms with van der Waals surface area (Å²) in [5.74, 6) is 0.620. The first-order valence-corrected chi connectivity index (χ1v) is 14.9. The Balaban J connectivity index is 1.28. The van der Waals surface area contributed by atoms with E-state index in [0.717, 1.165) is 72.3 Å². The number of benzene rings is 6. The fourth-order valence-corrected chi connectivity index (χ4v) is 6.00. The van der Waals surface area contributed by atoms with Crippen LogP contribution < -0.4 is 0 Å². The minimum absolute atomic E-state index is 0.620. The van der Waals surface area contributed by atoms with Crippen molar-refractivity contribution in [1.82, 2.24) is 9.97 Å². The minimum Gasteiger partial charge on any atom is -0.455 e. The smallest absolute Gasteiger partial charge is 0.160 e. The summed E-state index contributed by atoms with van der Waals surface area (Å²) < 4.78 is 6.36. The van der Waals surface area contributed by atoms with Crippen molar-refractivity contribution in [1.29, 1.82) is 0 Å². The Morgan fingerprint density at radius 1 is 0.432 bits per heavy atom. The van der Waals surface area contributed by atoms with Crippen LogP contribution in [0.2, 0.25) is 5.02 Å². The molecule has 0 aliphatic heterocycles. The number of aromatic nitrogens is 2. The molecule has 8 aromatic rings. The van der Waals surface area contributed by atoms with Gasteiger partial charge in [0.15, 0.2) is 5.82 Å². The maximum atomic E-state index is 6.40. The van der Waals surface area contributed by atoms with Crippen molar-refractivity contribution in [2.24, 2.45) is 0 Å². The molecule has 0 amide bonds. The average molecular weight is 585 g/mol. The van der Waals surface area contributed by atoms with Gasteiger partial charge in [-0.3, -0.25) is 0 Å². The molecule has 0 aliphatic carbocycles. The summed E-state index contributed by atoms with van der Waals surface area (Å²) >= 11 is 6.40. The zero-order valence-corrected chi connectivity index (χ0v) is 24.4. The summed E-state index contributed by atoms with van der Waals surface area (Å²) in [6.07, 6.45) is 0. The van der Waals surface area contributed by atoms with Crippen molar-refractivity contribution in [3.05, 3.63) is 157 Å². The van der Waals surface area contributed by atoms with E-state index in [2.05, 4.69) is 103 Å². The van der Waals surface area contributed by atoms with Gasteiger partial charge in [0.1, 0.15) is 11.2 Å². The van der Waals surface area contributed by atoms with Crippen molar-refractivity contribution in [2.45, 2.75) is 0 Å². The number of hydrogen-bond acceptors (Lipinski definition) is 3. The molecule has 2 aromatic heterocycles. The second-order valence-corrected chi connectivity index (χ2v) is 11.2. The summed E-state index contributed by atoms with van der Waals surface area (Å²) in [7, 11) is 0. The highest BCUT2D eigenvalue weighted by Gasteiger charge is 2.15. The topological polar surface area (TPSA) is 38.9 Å². The monoisotopic (exact) mass is 584 g/mol. The minimum atomic E-state index is 0.620. The average Bonchev–Trinajstić information content (AvgIpc) is 3.48. The first-order chi connectivity index (χ1) is 21.7. The Bertz CT molecular complexity index is 2310. The zero-order chi connectivity index (χ0) is 29.5. The Labute approximate surface area is 260 Å². The second-order valence-electron chi connectivity index (χ2n) is 10.8. The van der Waals surface area contributed by atoms with E-state index in [1.54, 1.807) is 0 Å². The molecule has 0 unspecified atom stereocenters. The molecule has 208 valence electrons. The molecular formula is C40H25ClN2O. The SMILES string of the molecule is Clc1cccc(-c2nc(-c3cccc(-c4ccccc4)c3)cc(-c3cccc(-c4cccc5c4oc4ccccc45)c3)n2)c1. The first-order valence-electron chi connectivity index (χ1n) is 14.5. The van der Waals surface area contributed by atoms with Gasteiger partial charge in [-0.25, -0.2) is 9.97 Å². The van der Waals surface area contributed by atoms with Crippen LogP contribution >= 0.6 is 11.6 Å². The largest absolute Gasteiger partial charge is 0.455 e. The molecule has 0 saturated heterocycles. The normalized spacial score (nSPS) is 11.3. The van der Waals surface area contributed by atoms with Crippen LogP contribution in [0, 0.1) is 0 Å². The fraction of sp³-hybridized carbons (Fsp3) is 0. The molecule has 0 bridgehead atoms. The van der Waals surface area contributed by atoms with Crippen LogP contribution in [0.25, 0.3) is 78.1 Å². The van der Waals surface area contributed by atoms with Crippen LogP contribution in [0.15, 0.2) is 156 Å². The summed E-state index contributed by atoms with van der Waals surface area (Å²) in [5.41, 5.74) is 10.7. The molecule has 0 atom stereocenters. The van der Waals surface area contributed by atoms with Crippen LogP contribution in [0.3, 0.4) is 0 Å². The lowest BCUT2D eigenvalue weighted by molar-refractivity contribution is 0.670. The van der Waals surface area contributed by atoms with Gasteiger partial charge >= 0.3 is 0 Å². The number of nitrogens with zero attached hydrogens (tertiary/aromatic N) is 2. The standard InChI is InChI=1S/C40H25ClN2O/c41-32-17-8-16-31(24-32)40-42-36(29-14-6-12-27(22-29)26-10-2-1-3-11-26)25-37(43-40)30-15-7-13-28(23-30)33-19-9-20-35-34-18-4-5-21-38(34)44-39(33)35/h1-25H. The number of fused-ring (bicyclic) bond motifs is 3. The van der Waals surface area contributed by atoms with Gasteiger partial charge in [-0.1, -0.05) is 127 Å². The van der Waals surface area contributed by atoms with Crippen LogP contribution in [-0.4, -0.2) is 9.97 Å². The molecule has 6 aromatic carbocycles. The van der Waals surface area contributed by atoms with Crippen molar-refractivity contribution >= 4 is 33.5 Å². The maximum Gasteiger partial charge on any atom is 0.160 e. The molecule has 44 heavy (non-hydrogen) atoms. The van der Waals surface area contributed by atoms with Gasteiger partial charge < -0.3 is 4.42 Å². The molecule has 8 rings (SSSR count). The van der Waals surface area contributed by atoms with E-state index in [0.29, 0.717) is 10.8 Å². The van der Waals surface area contributed by atoms with Crippen molar-refractivity contribution in [2.75, 3.05) is 0 Å². The molecule has 4 heteroatoms. The van der Waals surface area contributed by atoms with Gasteiger partial charge in [0.05, 0.1) is 11.4 Å². The van der Waals surface area contributed by atoms with Crippen molar-refractivity contribution < 1.29 is 4.42 Å². The van der Waals surface area contributed by atoms with Crippen LogP contribution in [-0.2, 0) is 0 Å². The Morgan fingerprint density at radius 3 is 1.82 bits per heavy atom. The van der Waals surface area contributed by atoms with Crippen molar-refractivity contribution in [3.8, 4) is 56.2 Å². The van der Waals surface area contributed by atoms with Crippen LogP contribution in [0.4, 0.5) is 0 Å². The Hall–Kier alpha value is -5.51. The van der Waals surface area contributed by atoms with E-state index in [4.69, 9.17) is 26.0 Å². The van der Waals surface area contributed by atoms with Crippen LogP contribution in [0.5, 0.6) is 0 Å². The number of hydrogen-bond donors (Lipinski definition) is 0. The molecule has 0 spiro atoms. The highest BCUT2D eigenvalue weighted by Crippen LogP contribution is 2.37. The van der Waals surface area contributed by atoms with Crippen molar-refractivity contribution in [3.63, 3.8) is 0 Å². The molecule has 2 heterocycles. The number of furan rings is 1. The summed E-state index contributed by atoms with van der Waals surface area (Å²) in [5, 5.41) is 2.87. The summed E-state index contributed by atoms with van der Waals surface area (Å²) in [6, 6.07) is 51.6. The quantitative estimate of drug-likeness (QED) is 0.202. The number of rotatable bonds is 5. The van der Waals surface area contributed by atoms with E-state index in [9.17, 15) is 0 Å². The van der Waals surface area contributed by atoms with E-state index in [1.807, 2.05) is 48.5 Å². The second kappa shape index (κ2) is 11.0. The number of halogens is 1. The third kappa shape index (κ3) is 4.84. The Morgan fingerprint density at radius 2 is 1.02 bits per heavy atom. The Kier molecular flexibility index (Phi) is 6.51. The fourth-order valence-electron chi connectivity index (χ4n) is 5.81. The van der Waals surface area contributed by atoms with Gasteiger partial charge in [-0.05, 0) is 53.1 Å². The molecule has 3 nitrogen and oxygen atoms in total. The molecular weight excluding hydrogens is 560 g/mol. The molecule has 0 fully saturated rings. The van der Waals surface area contributed by atoms with Gasteiger partial charge in [0.25, 0.3) is 0 Å². The molecule has 0 saturated carbocycles. The van der Waals surface area contributed by atoms with E-state index < -0.39 is 0 Å². The van der Waals surface area contributed by atoms with E-state index in [-0.39, 0.29) is 0 Å². The highest BCUT2D eigenvalue weighted by molar-refractivity contribution is 6.30. The first kappa shape index (κ1) is 26.1. The van der Waals surface area contributed by atoms with Crippen LogP contribution in [0.1, 0.15) is 0 Å². The van der Waals surface area contributed by atoms with Gasteiger partial charge in [0, 0.05) is 38.0 Å². The maximum absolute atomic E-state index is 6.40. The highest BCUT2D eigenvalue weighted by atomic mass is 35.5. The molecule has 0 N–H and O–H groups in total. The third-order valence-corrected chi connectivity index (χ3v) is 8.18. The lowest BCUT2D eigenvalue weighted by Gasteiger charge is -2.12. The lowest BCUT2D eigenvalue weighted by Crippen LogP contribution is -1.96. The van der Waals surface area contributed by atoms with Gasteiger partial charge in [0.2, 0.25) is 0 Å². The lowest BCUT2D eigenvalue weighted by atomic mass is 9.98. The molecule has 0 radical (unpaired) electrons. The summed E-state index contributed by atoms with van der Waals surface area (Å²) in [4.78, 5) is 10.1. The molecule has 0 aliphatic rings.